The number of nitriles is 1. The SMILES string of the molecule is CCOC(=O)Cn1nc(NCC(F)(F)F)c(C#N)c1N. The molecule has 0 aromatic carbocycles. The number of anilines is 2. The maximum absolute atomic E-state index is 12.1. The molecular weight excluding hydrogens is 279 g/mol. The monoisotopic (exact) mass is 291 g/mol. The zero-order valence-corrected chi connectivity index (χ0v) is 10.5. The molecule has 3 N–H and O–H groups in total. The van der Waals surface area contributed by atoms with Crippen LogP contribution in [0.5, 0.6) is 0 Å². The third kappa shape index (κ3) is 4.04. The summed E-state index contributed by atoms with van der Waals surface area (Å²) >= 11 is 0. The van der Waals surface area contributed by atoms with Crippen molar-refractivity contribution < 1.29 is 22.7 Å². The topological polar surface area (TPSA) is 106 Å². The second-order valence-corrected chi connectivity index (χ2v) is 3.65. The molecule has 0 spiro atoms. The summed E-state index contributed by atoms with van der Waals surface area (Å²) in [6.45, 7) is -0.00868. The minimum Gasteiger partial charge on any atom is -0.465 e. The highest BCUT2D eigenvalue weighted by atomic mass is 19.4. The molecule has 0 radical (unpaired) electrons. The van der Waals surface area contributed by atoms with E-state index in [-0.39, 0.29) is 30.4 Å². The molecule has 0 aliphatic heterocycles. The van der Waals surface area contributed by atoms with Crippen LogP contribution in [0.15, 0.2) is 0 Å². The molecule has 0 unspecified atom stereocenters. The molecule has 0 fully saturated rings. The smallest absolute Gasteiger partial charge is 0.405 e. The quantitative estimate of drug-likeness (QED) is 0.780. The number of ether oxygens (including phenoxy) is 1. The number of carbonyl (C=O) groups excluding carboxylic acids is 1. The number of aromatic nitrogens is 2. The Bertz CT molecular complexity index is 532. The highest BCUT2D eigenvalue weighted by Gasteiger charge is 2.28. The lowest BCUT2D eigenvalue weighted by atomic mass is 10.3. The Morgan fingerprint density at radius 3 is 2.75 bits per heavy atom. The van der Waals surface area contributed by atoms with Crippen LogP contribution in [0, 0.1) is 11.3 Å². The van der Waals surface area contributed by atoms with Crippen LogP contribution >= 0.6 is 0 Å². The van der Waals surface area contributed by atoms with Gasteiger partial charge in [-0.25, -0.2) is 4.68 Å². The first-order valence-electron chi connectivity index (χ1n) is 5.51. The number of hydrogen-bond donors (Lipinski definition) is 2. The average molecular weight is 291 g/mol. The number of alkyl halides is 3. The van der Waals surface area contributed by atoms with Crippen LogP contribution in [0.4, 0.5) is 24.8 Å². The number of carbonyl (C=O) groups is 1. The van der Waals surface area contributed by atoms with Crippen LogP contribution in [0.2, 0.25) is 0 Å². The van der Waals surface area contributed by atoms with E-state index in [1.807, 2.05) is 5.32 Å². The zero-order chi connectivity index (χ0) is 15.3. The van der Waals surface area contributed by atoms with Gasteiger partial charge in [-0.2, -0.15) is 23.5 Å². The molecular formula is C10H12F3N5O2. The minimum atomic E-state index is -4.47. The van der Waals surface area contributed by atoms with Crippen LogP contribution in [-0.2, 0) is 16.1 Å². The Hall–Kier alpha value is -2.44. The van der Waals surface area contributed by atoms with Crippen molar-refractivity contribution in [2.45, 2.75) is 19.6 Å². The van der Waals surface area contributed by atoms with Gasteiger partial charge in [-0.05, 0) is 6.92 Å². The van der Waals surface area contributed by atoms with E-state index in [2.05, 4.69) is 9.84 Å². The van der Waals surface area contributed by atoms with Crippen LogP contribution in [0.3, 0.4) is 0 Å². The number of nitrogens with two attached hydrogens (primary N) is 1. The molecule has 20 heavy (non-hydrogen) atoms. The molecule has 0 atom stereocenters. The Balaban J connectivity index is 2.92. The molecule has 0 amide bonds. The standard InChI is InChI=1S/C10H12F3N5O2/c1-2-20-7(19)4-18-8(15)6(3-14)9(17-18)16-5-10(11,12)13/h2,4-5,15H2,1H3,(H,16,17). The average Bonchev–Trinajstić information content (AvgIpc) is 2.62. The second kappa shape index (κ2) is 6.14. The fourth-order valence-electron chi connectivity index (χ4n) is 1.34. The lowest BCUT2D eigenvalue weighted by Gasteiger charge is -2.06. The second-order valence-electron chi connectivity index (χ2n) is 3.65. The molecule has 110 valence electrons. The zero-order valence-electron chi connectivity index (χ0n) is 10.5. The molecule has 0 aliphatic carbocycles. The third-order valence-electron chi connectivity index (χ3n) is 2.14. The van der Waals surface area contributed by atoms with Crippen molar-refractivity contribution in [2.24, 2.45) is 0 Å². The fraction of sp³-hybridized carbons (Fsp3) is 0.500. The summed E-state index contributed by atoms with van der Waals surface area (Å²) in [7, 11) is 0. The van der Waals surface area contributed by atoms with Gasteiger partial charge in [0.1, 0.15) is 30.5 Å². The van der Waals surface area contributed by atoms with Gasteiger partial charge in [-0.1, -0.05) is 0 Å². The number of rotatable bonds is 5. The van der Waals surface area contributed by atoms with Gasteiger partial charge in [-0.15, -0.1) is 0 Å². The van der Waals surface area contributed by atoms with Crippen LogP contribution in [0.25, 0.3) is 0 Å². The van der Waals surface area contributed by atoms with E-state index in [4.69, 9.17) is 11.0 Å². The number of nitrogens with one attached hydrogen (secondary N) is 1. The molecule has 0 saturated heterocycles. The Morgan fingerprint density at radius 1 is 1.60 bits per heavy atom. The van der Waals surface area contributed by atoms with Crippen molar-refractivity contribution >= 4 is 17.6 Å². The molecule has 0 bridgehead atoms. The summed E-state index contributed by atoms with van der Waals surface area (Å²) in [4.78, 5) is 11.3. The molecule has 10 heteroatoms. The number of nitrogen functional groups attached to an aromatic ring is 1. The molecule has 1 rings (SSSR count). The van der Waals surface area contributed by atoms with Gasteiger partial charge in [0.05, 0.1) is 6.61 Å². The van der Waals surface area contributed by atoms with Crippen molar-refractivity contribution in [3.8, 4) is 6.07 Å². The van der Waals surface area contributed by atoms with Gasteiger partial charge < -0.3 is 15.8 Å². The van der Waals surface area contributed by atoms with Crippen molar-refractivity contribution in [3.63, 3.8) is 0 Å². The van der Waals surface area contributed by atoms with Crippen LogP contribution < -0.4 is 11.1 Å². The van der Waals surface area contributed by atoms with Crippen molar-refractivity contribution in [2.75, 3.05) is 24.2 Å². The van der Waals surface area contributed by atoms with Gasteiger partial charge in [-0.3, -0.25) is 4.79 Å². The van der Waals surface area contributed by atoms with E-state index < -0.39 is 18.7 Å². The Labute approximate surface area is 112 Å². The van der Waals surface area contributed by atoms with E-state index in [1.54, 1.807) is 13.0 Å². The molecule has 7 nitrogen and oxygen atoms in total. The number of esters is 1. The van der Waals surface area contributed by atoms with Gasteiger partial charge in [0.15, 0.2) is 5.82 Å². The van der Waals surface area contributed by atoms with Gasteiger partial charge in [0, 0.05) is 0 Å². The first-order chi connectivity index (χ1) is 9.28. The minimum absolute atomic E-state index is 0.143. The van der Waals surface area contributed by atoms with E-state index in [9.17, 15) is 18.0 Å². The number of halogens is 3. The predicted molar refractivity (Wildman–Crippen MR) is 62.5 cm³/mol. The maximum Gasteiger partial charge on any atom is 0.405 e. The molecule has 1 aromatic heterocycles. The molecule has 0 saturated carbocycles. The van der Waals surface area contributed by atoms with E-state index in [0.717, 1.165) is 4.68 Å². The summed E-state index contributed by atoms with van der Waals surface area (Å²) < 4.78 is 41.9. The first kappa shape index (κ1) is 15.6. The lowest BCUT2D eigenvalue weighted by Crippen LogP contribution is -2.22. The fourth-order valence-corrected chi connectivity index (χ4v) is 1.34. The van der Waals surface area contributed by atoms with E-state index in [0.29, 0.717) is 0 Å². The van der Waals surface area contributed by atoms with Crippen molar-refractivity contribution in [3.05, 3.63) is 5.56 Å². The van der Waals surface area contributed by atoms with Crippen molar-refractivity contribution in [1.82, 2.24) is 9.78 Å². The summed E-state index contributed by atoms with van der Waals surface area (Å²) in [5.74, 6) is -1.19. The van der Waals surface area contributed by atoms with E-state index in [1.165, 1.54) is 0 Å². The maximum atomic E-state index is 12.1. The largest absolute Gasteiger partial charge is 0.465 e. The van der Waals surface area contributed by atoms with Crippen molar-refractivity contribution in [1.29, 1.82) is 5.26 Å². The number of hydrogen-bond acceptors (Lipinski definition) is 6. The van der Waals surface area contributed by atoms with Gasteiger partial charge in [0.25, 0.3) is 0 Å². The highest BCUT2D eigenvalue weighted by molar-refractivity contribution is 5.71. The summed E-state index contributed by atoms with van der Waals surface area (Å²) in [6.07, 6.45) is -4.47. The summed E-state index contributed by atoms with van der Waals surface area (Å²) in [5, 5.41) is 14.5. The first-order valence-corrected chi connectivity index (χ1v) is 5.51. The van der Waals surface area contributed by atoms with Gasteiger partial charge in [0.2, 0.25) is 0 Å². The Kier molecular flexibility index (Phi) is 4.79. The van der Waals surface area contributed by atoms with E-state index >= 15 is 0 Å². The third-order valence-corrected chi connectivity index (χ3v) is 2.14. The normalized spacial score (nSPS) is 10.9. The predicted octanol–water partition coefficient (Wildman–Crippen LogP) is 0.874. The Morgan fingerprint density at radius 2 is 2.25 bits per heavy atom. The highest BCUT2D eigenvalue weighted by Crippen LogP contribution is 2.22. The summed E-state index contributed by atoms with van der Waals surface area (Å²) in [6, 6.07) is 1.64. The summed E-state index contributed by atoms with van der Waals surface area (Å²) in [5.41, 5.74) is 5.30. The lowest BCUT2D eigenvalue weighted by molar-refractivity contribution is -0.144. The number of nitrogens with zero attached hydrogens (tertiary/aromatic N) is 3. The molecule has 1 aromatic rings. The van der Waals surface area contributed by atoms with Gasteiger partial charge >= 0.3 is 12.1 Å². The van der Waals surface area contributed by atoms with Crippen LogP contribution in [0.1, 0.15) is 12.5 Å². The van der Waals surface area contributed by atoms with Crippen LogP contribution in [-0.4, -0.2) is 35.1 Å². The molecule has 1 heterocycles. The molecule has 0 aliphatic rings.